The zero-order chi connectivity index (χ0) is 18.7. The van der Waals surface area contributed by atoms with E-state index in [1.807, 2.05) is 7.05 Å². The van der Waals surface area contributed by atoms with Crippen molar-refractivity contribution in [1.82, 2.24) is 14.8 Å². The van der Waals surface area contributed by atoms with Gasteiger partial charge in [-0.3, -0.25) is 14.6 Å². The van der Waals surface area contributed by atoms with Gasteiger partial charge >= 0.3 is 0 Å². The number of hydrogen-bond donors (Lipinski definition) is 1. The third-order valence-electron chi connectivity index (χ3n) is 4.24. The Morgan fingerprint density at radius 2 is 1.65 bits per heavy atom. The van der Waals surface area contributed by atoms with Crippen LogP contribution in [0.15, 0.2) is 36.7 Å². The topological polar surface area (TPSA) is 65.5 Å². The van der Waals surface area contributed by atoms with Gasteiger partial charge in [-0.25, -0.2) is 0 Å². The number of nitrogens with one attached hydrogen (secondary N) is 1. The van der Waals surface area contributed by atoms with Crippen molar-refractivity contribution in [3.63, 3.8) is 0 Å². The second kappa shape index (κ2) is 8.03. The number of nitrogens with zero attached hydrogens (tertiary/aromatic N) is 3. The van der Waals surface area contributed by atoms with Crippen LogP contribution in [0.25, 0.3) is 0 Å². The maximum Gasteiger partial charge on any atom is 0.257 e. The van der Waals surface area contributed by atoms with Gasteiger partial charge in [0, 0.05) is 38.6 Å². The van der Waals surface area contributed by atoms with Gasteiger partial charge in [0.05, 0.1) is 26.9 Å². The Hall–Kier alpha value is -2.15. The zero-order valence-corrected chi connectivity index (χ0v) is 15.7. The Bertz CT molecular complexity index is 815. The van der Waals surface area contributed by atoms with Crippen molar-refractivity contribution < 1.29 is 9.59 Å². The SMILES string of the molecule is CN1CCN(C(=O)c2cncc(C(=O)Nc3c(Cl)cccc3Cl)c2)CC1. The fraction of sp³-hybridized carbons (Fsp3) is 0.278. The molecule has 0 spiro atoms. The highest BCUT2D eigenvalue weighted by Gasteiger charge is 2.21. The number of anilines is 1. The van der Waals surface area contributed by atoms with Crippen LogP contribution in [0, 0.1) is 0 Å². The van der Waals surface area contributed by atoms with Gasteiger partial charge in [-0.1, -0.05) is 29.3 Å². The summed E-state index contributed by atoms with van der Waals surface area (Å²) in [6.45, 7) is 2.96. The molecule has 0 aliphatic carbocycles. The van der Waals surface area contributed by atoms with E-state index in [9.17, 15) is 9.59 Å². The summed E-state index contributed by atoms with van der Waals surface area (Å²) in [5.41, 5.74) is 0.977. The average molecular weight is 393 g/mol. The van der Waals surface area contributed by atoms with Crippen molar-refractivity contribution in [3.05, 3.63) is 57.8 Å². The number of piperazine rings is 1. The van der Waals surface area contributed by atoms with E-state index in [0.29, 0.717) is 34.4 Å². The van der Waals surface area contributed by atoms with Crippen LogP contribution in [0.4, 0.5) is 5.69 Å². The fourth-order valence-corrected chi connectivity index (χ4v) is 3.17. The molecule has 2 heterocycles. The number of hydrogen-bond acceptors (Lipinski definition) is 4. The van der Waals surface area contributed by atoms with Crippen LogP contribution in [-0.4, -0.2) is 59.8 Å². The van der Waals surface area contributed by atoms with E-state index >= 15 is 0 Å². The number of carbonyl (C=O) groups excluding carboxylic acids is 2. The minimum absolute atomic E-state index is 0.129. The van der Waals surface area contributed by atoms with Gasteiger partial charge in [0.15, 0.2) is 0 Å². The summed E-state index contributed by atoms with van der Waals surface area (Å²) in [5.74, 6) is -0.559. The van der Waals surface area contributed by atoms with Crippen LogP contribution in [0.5, 0.6) is 0 Å². The summed E-state index contributed by atoms with van der Waals surface area (Å²) in [7, 11) is 2.02. The number of carbonyl (C=O) groups is 2. The molecule has 1 N–H and O–H groups in total. The first-order valence-electron chi connectivity index (χ1n) is 8.14. The Balaban J connectivity index is 1.76. The van der Waals surface area contributed by atoms with Crippen molar-refractivity contribution in [2.24, 2.45) is 0 Å². The van der Waals surface area contributed by atoms with Crippen LogP contribution in [0.3, 0.4) is 0 Å². The first kappa shape index (κ1) is 18.6. The van der Waals surface area contributed by atoms with Gasteiger partial charge in [-0.2, -0.15) is 0 Å². The number of aromatic nitrogens is 1. The van der Waals surface area contributed by atoms with Gasteiger partial charge in [-0.15, -0.1) is 0 Å². The number of likely N-dealkylation sites (N-methyl/N-ethyl adjacent to an activating group) is 1. The molecule has 26 heavy (non-hydrogen) atoms. The Morgan fingerprint density at radius 1 is 1.04 bits per heavy atom. The monoisotopic (exact) mass is 392 g/mol. The predicted octanol–water partition coefficient (Wildman–Crippen LogP) is 3.03. The molecule has 3 rings (SSSR count). The second-order valence-corrected chi connectivity index (χ2v) is 6.92. The maximum absolute atomic E-state index is 12.6. The summed E-state index contributed by atoms with van der Waals surface area (Å²) in [6.07, 6.45) is 2.88. The Morgan fingerprint density at radius 3 is 2.31 bits per heavy atom. The molecule has 6 nitrogen and oxygen atoms in total. The molecule has 1 aromatic heterocycles. The van der Waals surface area contributed by atoms with Crippen LogP contribution >= 0.6 is 23.2 Å². The Labute approximate surface area is 161 Å². The molecule has 136 valence electrons. The smallest absolute Gasteiger partial charge is 0.257 e. The lowest BCUT2D eigenvalue weighted by atomic mass is 10.1. The number of amides is 2. The van der Waals surface area contributed by atoms with E-state index in [2.05, 4.69) is 15.2 Å². The van der Waals surface area contributed by atoms with E-state index in [0.717, 1.165) is 13.1 Å². The lowest BCUT2D eigenvalue weighted by molar-refractivity contribution is 0.0663. The molecule has 0 bridgehead atoms. The normalized spacial score (nSPS) is 15.0. The number of para-hydroxylation sites is 1. The van der Waals surface area contributed by atoms with Crippen LogP contribution < -0.4 is 5.32 Å². The summed E-state index contributed by atoms with van der Waals surface area (Å²) in [4.78, 5) is 33.1. The third kappa shape index (κ3) is 4.15. The van der Waals surface area contributed by atoms with E-state index in [1.54, 1.807) is 23.1 Å². The number of benzene rings is 1. The van der Waals surface area contributed by atoms with E-state index in [-0.39, 0.29) is 11.5 Å². The van der Waals surface area contributed by atoms with Gasteiger partial charge in [0.2, 0.25) is 0 Å². The van der Waals surface area contributed by atoms with Gasteiger partial charge in [0.25, 0.3) is 11.8 Å². The average Bonchev–Trinajstić information content (AvgIpc) is 2.65. The van der Waals surface area contributed by atoms with Gasteiger partial charge < -0.3 is 15.1 Å². The van der Waals surface area contributed by atoms with Crippen molar-refractivity contribution in [1.29, 1.82) is 0 Å². The molecular formula is C18H18Cl2N4O2. The standard InChI is InChI=1S/C18H18Cl2N4O2/c1-23-5-7-24(8-6-23)18(26)13-9-12(10-21-11-13)17(25)22-16-14(19)3-2-4-15(16)20/h2-4,9-11H,5-8H2,1H3,(H,22,25). The zero-order valence-electron chi connectivity index (χ0n) is 14.2. The van der Waals surface area contributed by atoms with E-state index in [4.69, 9.17) is 23.2 Å². The van der Waals surface area contributed by atoms with Crippen molar-refractivity contribution in [2.75, 3.05) is 38.5 Å². The van der Waals surface area contributed by atoms with Gasteiger partial charge in [0.1, 0.15) is 0 Å². The van der Waals surface area contributed by atoms with Crippen LogP contribution in [0.1, 0.15) is 20.7 Å². The summed E-state index contributed by atoms with van der Waals surface area (Å²) in [6, 6.07) is 6.49. The van der Waals surface area contributed by atoms with Crippen molar-refractivity contribution in [3.8, 4) is 0 Å². The fourth-order valence-electron chi connectivity index (χ4n) is 2.68. The molecule has 2 aromatic rings. The minimum Gasteiger partial charge on any atom is -0.336 e. The highest BCUT2D eigenvalue weighted by Crippen LogP contribution is 2.30. The lowest BCUT2D eigenvalue weighted by Gasteiger charge is -2.32. The molecular weight excluding hydrogens is 375 g/mol. The molecule has 1 aliphatic heterocycles. The molecule has 0 radical (unpaired) electrons. The number of pyridine rings is 1. The molecule has 1 saturated heterocycles. The van der Waals surface area contributed by atoms with Crippen LogP contribution in [-0.2, 0) is 0 Å². The van der Waals surface area contributed by atoms with Crippen molar-refractivity contribution in [2.45, 2.75) is 0 Å². The quantitative estimate of drug-likeness (QED) is 0.871. The van der Waals surface area contributed by atoms with E-state index in [1.165, 1.54) is 18.5 Å². The Kier molecular flexibility index (Phi) is 5.76. The summed E-state index contributed by atoms with van der Waals surface area (Å²) < 4.78 is 0. The minimum atomic E-state index is -0.430. The van der Waals surface area contributed by atoms with Crippen LogP contribution in [0.2, 0.25) is 10.0 Å². The first-order chi connectivity index (χ1) is 12.5. The molecule has 8 heteroatoms. The third-order valence-corrected chi connectivity index (χ3v) is 4.87. The summed E-state index contributed by atoms with van der Waals surface area (Å²) in [5, 5.41) is 3.34. The highest BCUT2D eigenvalue weighted by atomic mass is 35.5. The highest BCUT2D eigenvalue weighted by molar-refractivity contribution is 6.40. The molecule has 1 fully saturated rings. The number of rotatable bonds is 3. The number of halogens is 2. The molecule has 1 aliphatic rings. The van der Waals surface area contributed by atoms with E-state index < -0.39 is 5.91 Å². The maximum atomic E-state index is 12.6. The molecule has 0 saturated carbocycles. The first-order valence-corrected chi connectivity index (χ1v) is 8.89. The molecule has 0 unspecified atom stereocenters. The molecule has 1 aromatic carbocycles. The predicted molar refractivity (Wildman–Crippen MR) is 102 cm³/mol. The largest absolute Gasteiger partial charge is 0.336 e. The second-order valence-electron chi connectivity index (χ2n) is 6.11. The molecule has 0 atom stereocenters. The van der Waals surface area contributed by atoms with Crippen molar-refractivity contribution >= 4 is 40.7 Å². The van der Waals surface area contributed by atoms with Gasteiger partial charge in [-0.05, 0) is 25.2 Å². The summed E-state index contributed by atoms with van der Waals surface area (Å²) >= 11 is 12.2. The lowest BCUT2D eigenvalue weighted by Crippen LogP contribution is -2.47. The molecule has 2 amide bonds.